The average molecular weight is 230 g/mol. The van der Waals surface area contributed by atoms with Crippen molar-refractivity contribution in [2.45, 2.75) is 32.5 Å². The van der Waals surface area contributed by atoms with Crippen molar-refractivity contribution in [1.82, 2.24) is 0 Å². The van der Waals surface area contributed by atoms with Gasteiger partial charge in [0.2, 0.25) is 0 Å². The number of ether oxygens (including phenoxy) is 2. The maximum Gasteiger partial charge on any atom is 0.157 e. The number of fused-ring (bicyclic) bond motifs is 2. The van der Waals surface area contributed by atoms with Gasteiger partial charge in [-0.3, -0.25) is 0 Å². The molecule has 0 aromatic rings. The molecule has 0 aromatic carbocycles. The second-order valence-electron chi connectivity index (χ2n) is 4.18. The maximum absolute atomic E-state index is 8.24. The minimum absolute atomic E-state index is 0.0286. The van der Waals surface area contributed by atoms with Crippen LogP contribution in [0.25, 0.3) is 0 Å². The van der Waals surface area contributed by atoms with Gasteiger partial charge in [-0.25, -0.2) is 0 Å². The zero-order chi connectivity index (χ0) is 11.8. The molecule has 16 heavy (non-hydrogen) atoms. The molecule has 2 rings (SSSR count). The first-order valence-corrected chi connectivity index (χ1v) is 5.89. The van der Waals surface area contributed by atoms with E-state index in [4.69, 9.17) is 14.9 Å². The van der Waals surface area contributed by atoms with Crippen LogP contribution in [-0.2, 0) is 9.47 Å². The summed E-state index contributed by atoms with van der Waals surface area (Å²) < 4.78 is 9.37. The molecular formula is C12H22O4. The molecule has 1 fully saturated rings. The summed E-state index contributed by atoms with van der Waals surface area (Å²) >= 11 is 0. The van der Waals surface area contributed by atoms with E-state index in [1.165, 1.54) is 19.3 Å². The summed E-state index contributed by atoms with van der Waals surface area (Å²) in [5.74, 6) is 1.98. The Morgan fingerprint density at radius 1 is 1.19 bits per heavy atom. The molecule has 0 heterocycles. The van der Waals surface area contributed by atoms with Gasteiger partial charge in [0.1, 0.15) is 6.79 Å². The highest BCUT2D eigenvalue weighted by Gasteiger charge is 2.25. The highest BCUT2D eigenvalue weighted by molar-refractivity contribution is 5.06. The number of rotatable bonds is 5. The molecule has 2 aliphatic carbocycles. The van der Waals surface area contributed by atoms with Crippen LogP contribution in [0.15, 0.2) is 12.2 Å². The van der Waals surface area contributed by atoms with E-state index in [0.29, 0.717) is 0 Å². The first-order chi connectivity index (χ1) is 7.76. The lowest BCUT2D eigenvalue weighted by atomic mass is 10.1. The van der Waals surface area contributed by atoms with Crippen molar-refractivity contribution in [3.05, 3.63) is 12.2 Å². The van der Waals surface area contributed by atoms with Crippen LogP contribution in [0.4, 0.5) is 0 Å². The summed E-state index contributed by atoms with van der Waals surface area (Å²) in [6.45, 7) is 1.50. The zero-order valence-electron chi connectivity index (χ0n) is 9.84. The van der Waals surface area contributed by atoms with Crippen molar-refractivity contribution in [3.63, 3.8) is 0 Å². The van der Waals surface area contributed by atoms with E-state index in [9.17, 15) is 0 Å². The van der Waals surface area contributed by atoms with Crippen LogP contribution < -0.4 is 0 Å². The molecule has 3 atom stereocenters. The van der Waals surface area contributed by atoms with Gasteiger partial charge in [0, 0.05) is 0 Å². The molecule has 2 N–H and O–H groups in total. The second kappa shape index (κ2) is 7.79. The fourth-order valence-electron chi connectivity index (χ4n) is 2.09. The van der Waals surface area contributed by atoms with Crippen LogP contribution in [0.2, 0.25) is 0 Å². The Labute approximate surface area is 96.9 Å². The van der Waals surface area contributed by atoms with Gasteiger partial charge in [0.05, 0.1) is 13.2 Å². The summed E-state index contributed by atoms with van der Waals surface area (Å²) in [6.07, 6.45) is 8.74. The fraction of sp³-hybridized carbons (Fsp3) is 0.833. The standard InChI is InChI=1S/C7H10.C5H12O4/c1-2-7-4-3-6(1)5-7;1-5(9-4-7)8-3-2-6/h1-2,6-7H,3-5H2;5-7H,2-4H2,1H3. The van der Waals surface area contributed by atoms with Crippen LogP contribution >= 0.6 is 0 Å². The quantitative estimate of drug-likeness (QED) is 0.552. The fourth-order valence-corrected chi connectivity index (χ4v) is 2.09. The normalized spacial score (nSPS) is 27.7. The van der Waals surface area contributed by atoms with Crippen LogP contribution in [0.5, 0.6) is 0 Å². The van der Waals surface area contributed by atoms with E-state index >= 15 is 0 Å². The van der Waals surface area contributed by atoms with Crippen molar-refractivity contribution in [1.29, 1.82) is 0 Å². The van der Waals surface area contributed by atoms with Gasteiger partial charge >= 0.3 is 0 Å². The van der Waals surface area contributed by atoms with Crippen molar-refractivity contribution in [2.75, 3.05) is 20.0 Å². The second-order valence-corrected chi connectivity index (χ2v) is 4.18. The molecular weight excluding hydrogens is 208 g/mol. The minimum Gasteiger partial charge on any atom is -0.394 e. The molecule has 0 saturated heterocycles. The lowest BCUT2D eigenvalue weighted by Crippen LogP contribution is -2.15. The van der Waals surface area contributed by atoms with Crippen LogP contribution in [0.1, 0.15) is 26.2 Å². The van der Waals surface area contributed by atoms with Crippen molar-refractivity contribution < 1.29 is 19.7 Å². The Kier molecular flexibility index (Phi) is 6.64. The van der Waals surface area contributed by atoms with E-state index in [2.05, 4.69) is 16.9 Å². The third-order valence-electron chi connectivity index (χ3n) is 2.92. The summed E-state index contributed by atoms with van der Waals surface area (Å²) in [6, 6.07) is 0. The third kappa shape index (κ3) is 5.07. The van der Waals surface area contributed by atoms with Gasteiger partial charge in [-0.1, -0.05) is 12.2 Å². The largest absolute Gasteiger partial charge is 0.394 e. The molecule has 0 aromatic heterocycles. The molecule has 94 valence electrons. The molecule has 0 radical (unpaired) electrons. The summed E-state index contributed by atoms with van der Waals surface area (Å²) in [5, 5.41) is 16.4. The Hall–Kier alpha value is -0.420. The van der Waals surface area contributed by atoms with E-state index < -0.39 is 6.29 Å². The van der Waals surface area contributed by atoms with Gasteiger partial charge in [-0.05, 0) is 38.0 Å². The number of hydrogen-bond acceptors (Lipinski definition) is 4. The van der Waals surface area contributed by atoms with Crippen LogP contribution in [0.3, 0.4) is 0 Å². The number of hydrogen-bond donors (Lipinski definition) is 2. The lowest BCUT2D eigenvalue weighted by molar-refractivity contribution is -0.174. The third-order valence-corrected chi connectivity index (χ3v) is 2.92. The summed E-state index contributed by atoms with van der Waals surface area (Å²) in [5.41, 5.74) is 0. The number of aliphatic hydroxyl groups excluding tert-OH is 2. The zero-order valence-corrected chi connectivity index (χ0v) is 9.84. The Morgan fingerprint density at radius 3 is 2.12 bits per heavy atom. The Morgan fingerprint density at radius 2 is 1.81 bits per heavy atom. The average Bonchev–Trinajstić information content (AvgIpc) is 2.92. The molecule has 1 saturated carbocycles. The van der Waals surface area contributed by atoms with Gasteiger partial charge in [-0.2, -0.15) is 0 Å². The molecule has 0 spiro atoms. The Bertz CT molecular complexity index is 193. The van der Waals surface area contributed by atoms with E-state index in [0.717, 1.165) is 11.8 Å². The monoisotopic (exact) mass is 230 g/mol. The van der Waals surface area contributed by atoms with E-state index in [1.807, 2.05) is 0 Å². The minimum atomic E-state index is -0.442. The molecule has 0 aliphatic heterocycles. The molecule has 3 unspecified atom stereocenters. The van der Waals surface area contributed by atoms with Crippen molar-refractivity contribution in [3.8, 4) is 0 Å². The van der Waals surface area contributed by atoms with Gasteiger partial charge < -0.3 is 19.7 Å². The smallest absolute Gasteiger partial charge is 0.157 e. The molecule has 4 heteroatoms. The van der Waals surface area contributed by atoms with Crippen molar-refractivity contribution >= 4 is 0 Å². The van der Waals surface area contributed by atoms with Gasteiger partial charge in [-0.15, -0.1) is 0 Å². The topological polar surface area (TPSA) is 58.9 Å². The number of aliphatic hydroxyl groups is 2. The number of allylic oxidation sites excluding steroid dienone is 2. The van der Waals surface area contributed by atoms with Crippen molar-refractivity contribution in [2.24, 2.45) is 11.8 Å². The molecule has 4 nitrogen and oxygen atoms in total. The predicted molar refractivity (Wildman–Crippen MR) is 60.6 cm³/mol. The van der Waals surface area contributed by atoms with Crippen LogP contribution in [-0.4, -0.2) is 36.5 Å². The summed E-state index contributed by atoms with van der Waals surface area (Å²) in [7, 11) is 0. The van der Waals surface area contributed by atoms with E-state index in [1.54, 1.807) is 6.92 Å². The molecule has 2 aliphatic rings. The SMILES string of the molecule is C1=CC2CCC1C2.CC(OCO)OCCO. The predicted octanol–water partition coefficient (Wildman–Crippen LogP) is 1.28. The van der Waals surface area contributed by atoms with E-state index in [-0.39, 0.29) is 20.0 Å². The highest BCUT2D eigenvalue weighted by Crippen LogP contribution is 2.38. The van der Waals surface area contributed by atoms with Gasteiger partial charge in [0.25, 0.3) is 0 Å². The highest BCUT2D eigenvalue weighted by atomic mass is 16.7. The summed E-state index contributed by atoms with van der Waals surface area (Å²) in [4.78, 5) is 0. The van der Waals surface area contributed by atoms with Crippen LogP contribution in [0, 0.1) is 11.8 Å². The maximum atomic E-state index is 8.24. The Balaban J connectivity index is 0.000000163. The molecule has 0 amide bonds. The molecule has 2 bridgehead atoms. The first-order valence-electron chi connectivity index (χ1n) is 5.89. The first kappa shape index (κ1) is 13.6. The van der Waals surface area contributed by atoms with Gasteiger partial charge in [0.15, 0.2) is 6.29 Å². The lowest BCUT2D eigenvalue weighted by Gasteiger charge is -2.09.